The Bertz CT molecular complexity index is 470. The zero-order chi connectivity index (χ0) is 13.8. The van der Waals surface area contributed by atoms with Crippen LogP contribution in [0.4, 0.5) is 0 Å². The van der Waals surface area contributed by atoms with Gasteiger partial charge in [0, 0.05) is 23.3 Å². The highest BCUT2D eigenvalue weighted by Crippen LogP contribution is 2.24. The molecule has 0 heterocycles. The lowest BCUT2D eigenvalue weighted by Gasteiger charge is -2.27. The SMILES string of the molecule is CC[C@@H](c1ccc(Br)cc1)N(C)CCS(C)(=O)=O. The van der Waals surface area contributed by atoms with Crippen molar-refractivity contribution in [1.29, 1.82) is 0 Å². The average Bonchev–Trinajstić information content (AvgIpc) is 2.29. The summed E-state index contributed by atoms with van der Waals surface area (Å²) in [6, 6.07) is 8.45. The van der Waals surface area contributed by atoms with E-state index < -0.39 is 9.84 Å². The second kappa shape index (κ2) is 6.68. The molecule has 18 heavy (non-hydrogen) atoms. The third kappa shape index (κ3) is 5.08. The highest BCUT2D eigenvalue weighted by Gasteiger charge is 2.16. The Morgan fingerprint density at radius 3 is 2.28 bits per heavy atom. The Morgan fingerprint density at radius 1 is 1.28 bits per heavy atom. The Kier molecular flexibility index (Phi) is 5.82. The summed E-state index contributed by atoms with van der Waals surface area (Å²) in [4.78, 5) is 2.10. The van der Waals surface area contributed by atoms with Gasteiger partial charge in [-0.3, -0.25) is 4.90 Å². The molecule has 0 unspecified atom stereocenters. The fourth-order valence-electron chi connectivity index (χ4n) is 1.95. The van der Waals surface area contributed by atoms with E-state index in [0.29, 0.717) is 6.54 Å². The average molecular weight is 334 g/mol. The maximum absolute atomic E-state index is 11.2. The first-order chi connectivity index (χ1) is 8.33. The van der Waals surface area contributed by atoms with Crippen LogP contribution in [0.25, 0.3) is 0 Å². The van der Waals surface area contributed by atoms with Gasteiger partial charge in [-0.2, -0.15) is 0 Å². The van der Waals surface area contributed by atoms with Gasteiger partial charge in [-0.15, -0.1) is 0 Å². The highest BCUT2D eigenvalue weighted by molar-refractivity contribution is 9.10. The van der Waals surface area contributed by atoms with E-state index in [2.05, 4.69) is 39.9 Å². The minimum absolute atomic E-state index is 0.205. The van der Waals surface area contributed by atoms with Crippen molar-refractivity contribution in [2.45, 2.75) is 19.4 Å². The zero-order valence-electron chi connectivity index (χ0n) is 11.1. The molecule has 0 spiro atoms. The van der Waals surface area contributed by atoms with Crippen LogP contribution in [0.1, 0.15) is 24.9 Å². The predicted molar refractivity (Wildman–Crippen MR) is 79.5 cm³/mol. The Labute approximate surface area is 118 Å². The van der Waals surface area contributed by atoms with Crippen LogP contribution in [0.3, 0.4) is 0 Å². The molecule has 0 saturated carbocycles. The van der Waals surface area contributed by atoms with Crippen LogP contribution in [0.15, 0.2) is 28.7 Å². The molecule has 1 aromatic carbocycles. The highest BCUT2D eigenvalue weighted by atomic mass is 79.9. The molecule has 0 amide bonds. The van der Waals surface area contributed by atoms with Gasteiger partial charge in [0.2, 0.25) is 0 Å². The molecule has 3 nitrogen and oxygen atoms in total. The third-order valence-corrected chi connectivity index (χ3v) is 4.44. The number of hydrogen-bond acceptors (Lipinski definition) is 3. The lowest BCUT2D eigenvalue weighted by atomic mass is 10.0. The lowest BCUT2D eigenvalue weighted by molar-refractivity contribution is 0.252. The zero-order valence-corrected chi connectivity index (χ0v) is 13.5. The van der Waals surface area contributed by atoms with Gasteiger partial charge in [-0.1, -0.05) is 35.0 Å². The van der Waals surface area contributed by atoms with Crippen LogP contribution >= 0.6 is 15.9 Å². The number of nitrogens with zero attached hydrogens (tertiary/aromatic N) is 1. The van der Waals surface area contributed by atoms with Crippen molar-refractivity contribution in [2.24, 2.45) is 0 Å². The molecule has 0 aromatic heterocycles. The van der Waals surface area contributed by atoms with Gasteiger partial charge in [0.15, 0.2) is 0 Å². The Hall–Kier alpha value is -0.390. The monoisotopic (exact) mass is 333 g/mol. The molecule has 0 radical (unpaired) electrons. The van der Waals surface area contributed by atoms with Crippen molar-refractivity contribution >= 4 is 25.8 Å². The van der Waals surface area contributed by atoms with E-state index in [0.717, 1.165) is 10.9 Å². The van der Waals surface area contributed by atoms with E-state index in [1.807, 2.05) is 19.2 Å². The van der Waals surface area contributed by atoms with Crippen LogP contribution < -0.4 is 0 Å². The van der Waals surface area contributed by atoms with Crippen LogP contribution in [0, 0.1) is 0 Å². The van der Waals surface area contributed by atoms with E-state index in [1.165, 1.54) is 11.8 Å². The summed E-state index contributed by atoms with van der Waals surface area (Å²) in [5.74, 6) is 0.205. The van der Waals surface area contributed by atoms with Crippen LogP contribution in [0.5, 0.6) is 0 Å². The molecule has 0 aliphatic rings. The number of hydrogen-bond donors (Lipinski definition) is 0. The lowest BCUT2D eigenvalue weighted by Crippen LogP contribution is -2.29. The molecule has 102 valence electrons. The van der Waals surface area contributed by atoms with Crippen molar-refractivity contribution < 1.29 is 8.42 Å². The smallest absolute Gasteiger partial charge is 0.148 e. The first-order valence-corrected chi connectivity index (χ1v) is 8.82. The van der Waals surface area contributed by atoms with Gasteiger partial charge >= 0.3 is 0 Å². The van der Waals surface area contributed by atoms with Gasteiger partial charge < -0.3 is 0 Å². The van der Waals surface area contributed by atoms with E-state index >= 15 is 0 Å². The van der Waals surface area contributed by atoms with E-state index in [9.17, 15) is 8.42 Å². The second-order valence-electron chi connectivity index (χ2n) is 4.59. The van der Waals surface area contributed by atoms with E-state index in [1.54, 1.807) is 0 Å². The summed E-state index contributed by atoms with van der Waals surface area (Å²) in [6.07, 6.45) is 2.24. The number of benzene rings is 1. The van der Waals surface area contributed by atoms with Crippen LogP contribution in [0.2, 0.25) is 0 Å². The van der Waals surface area contributed by atoms with Gasteiger partial charge in [-0.05, 0) is 31.2 Å². The summed E-state index contributed by atoms with van der Waals surface area (Å²) in [5, 5.41) is 0. The minimum atomic E-state index is -2.90. The molecule has 1 rings (SSSR count). The third-order valence-electron chi connectivity index (χ3n) is 2.99. The maximum Gasteiger partial charge on any atom is 0.148 e. The Balaban J connectivity index is 2.74. The fraction of sp³-hybridized carbons (Fsp3) is 0.538. The number of halogens is 1. The summed E-state index contributed by atoms with van der Waals surface area (Å²) >= 11 is 3.42. The van der Waals surface area contributed by atoms with Crippen molar-refractivity contribution in [3.8, 4) is 0 Å². The fourth-order valence-corrected chi connectivity index (χ4v) is 2.84. The summed E-state index contributed by atoms with van der Waals surface area (Å²) in [6.45, 7) is 2.68. The molecule has 1 atom stereocenters. The van der Waals surface area contributed by atoms with Gasteiger partial charge in [0.05, 0.1) is 5.75 Å². The summed E-state index contributed by atoms with van der Waals surface area (Å²) in [5.41, 5.74) is 1.22. The second-order valence-corrected chi connectivity index (χ2v) is 7.76. The Morgan fingerprint density at radius 2 is 1.83 bits per heavy atom. The number of rotatable bonds is 6. The topological polar surface area (TPSA) is 37.4 Å². The molecule has 0 N–H and O–H groups in total. The molecule has 0 saturated heterocycles. The molecular weight excluding hydrogens is 314 g/mol. The molecule has 0 fully saturated rings. The normalized spacial score (nSPS) is 13.8. The molecular formula is C13H20BrNO2S. The van der Waals surface area contributed by atoms with Gasteiger partial charge in [0.1, 0.15) is 9.84 Å². The minimum Gasteiger partial charge on any atom is -0.298 e. The summed E-state index contributed by atoms with van der Waals surface area (Å²) in [7, 11) is -0.925. The van der Waals surface area contributed by atoms with E-state index in [4.69, 9.17) is 0 Å². The van der Waals surface area contributed by atoms with E-state index in [-0.39, 0.29) is 11.8 Å². The quantitative estimate of drug-likeness (QED) is 0.803. The number of sulfone groups is 1. The standard InChI is InChI=1S/C13H20BrNO2S/c1-4-13(11-5-7-12(14)8-6-11)15(2)9-10-18(3,16)17/h5-8,13H,4,9-10H2,1-3H3/t13-/m0/s1. The largest absolute Gasteiger partial charge is 0.298 e. The van der Waals surface area contributed by atoms with Crippen LogP contribution in [-0.4, -0.2) is 38.9 Å². The molecule has 1 aromatic rings. The van der Waals surface area contributed by atoms with Crippen LogP contribution in [-0.2, 0) is 9.84 Å². The van der Waals surface area contributed by atoms with Gasteiger partial charge in [-0.25, -0.2) is 8.42 Å². The maximum atomic E-state index is 11.2. The van der Waals surface area contributed by atoms with Crippen molar-refractivity contribution in [2.75, 3.05) is 25.6 Å². The van der Waals surface area contributed by atoms with Crippen molar-refractivity contribution in [1.82, 2.24) is 4.90 Å². The molecule has 0 aliphatic carbocycles. The molecule has 5 heteroatoms. The molecule has 0 aliphatic heterocycles. The first kappa shape index (κ1) is 15.7. The van der Waals surface area contributed by atoms with Gasteiger partial charge in [0.25, 0.3) is 0 Å². The first-order valence-electron chi connectivity index (χ1n) is 5.97. The van der Waals surface area contributed by atoms with Crippen molar-refractivity contribution in [3.63, 3.8) is 0 Å². The van der Waals surface area contributed by atoms with Crippen molar-refractivity contribution in [3.05, 3.63) is 34.3 Å². The summed E-state index contributed by atoms with van der Waals surface area (Å²) < 4.78 is 23.4. The predicted octanol–water partition coefficient (Wildman–Crippen LogP) is 2.88. The molecule has 0 bridgehead atoms.